The Bertz CT molecular complexity index is 484. The molecule has 3 heteroatoms. The highest BCUT2D eigenvalue weighted by Crippen LogP contribution is 2.12. The Morgan fingerprint density at radius 1 is 1.35 bits per heavy atom. The summed E-state index contributed by atoms with van der Waals surface area (Å²) in [5, 5.41) is 13.8. The zero-order valence-corrected chi connectivity index (χ0v) is 10.1. The quantitative estimate of drug-likeness (QED) is 0.826. The molecule has 17 heavy (non-hydrogen) atoms. The van der Waals surface area contributed by atoms with E-state index in [2.05, 4.69) is 28.5 Å². The van der Waals surface area contributed by atoms with Gasteiger partial charge in [-0.3, -0.25) is 4.98 Å². The van der Waals surface area contributed by atoms with Gasteiger partial charge in [0.1, 0.15) is 0 Å². The normalized spacial score (nSPS) is 12.8. The zero-order valence-electron chi connectivity index (χ0n) is 10.1. The molecule has 0 radical (unpaired) electrons. The lowest BCUT2D eigenvalue weighted by atomic mass is 10.1. The van der Waals surface area contributed by atoms with Gasteiger partial charge in [0, 0.05) is 24.7 Å². The van der Waals surface area contributed by atoms with E-state index in [1.54, 1.807) is 6.20 Å². The van der Waals surface area contributed by atoms with Crippen molar-refractivity contribution in [3.05, 3.63) is 42.1 Å². The third-order valence-electron chi connectivity index (χ3n) is 2.85. The maximum absolute atomic E-state index is 9.44. The Balaban J connectivity index is 1.99. The topological polar surface area (TPSA) is 45.1 Å². The number of aliphatic hydroxyl groups is 1. The zero-order chi connectivity index (χ0) is 12.1. The first-order chi connectivity index (χ1) is 8.29. The molecule has 2 aromatic rings. The van der Waals surface area contributed by atoms with Crippen LogP contribution in [0.2, 0.25) is 0 Å². The number of aromatic nitrogens is 1. The van der Waals surface area contributed by atoms with E-state index in [1.165, 1.54) is 5.56 Å². The molecule has 0 aliphatic rings. The predicted octanol–water partition coefficient (Wildman–Crippen LogP) is 2.10. The summed E-state index contributed by atoms with van der Waals surface area (Å²) in [5.41, 5.74) is 2.23. The Labute approximate surface area is 102 Å². The SMILES string of the molecule is CCC(O)CNCc1ccc2ncccc2c1. The van der Waals surface area contributed by atoms with E-state index in [-0.39, 0.29) is 6.10 Å². The van der Waals surface area contributed by atoms with E-state index in [9.17, 15) is 5.11 Å². The van der Waals surface area contributed by atoms with Gasteiger partial charge in [-0.1, -0.05) is 19.1 Å². The van der Waals surface area contributed by atoms with Gasteiger partial charge in [0.05, 0.1) is 11.6 Å². The average Bonchev–Trinajstić information content (AvgIpc) is 2.38. The van der Waals surface area contributed by atoms with Crippen LogP contribution in [-0.4, -0.2) is 22.7 Å². The highest BCUT2D eigenvalue weighted by molar-refractivity contribution is 5.78. The van der Waals surface area contributed by atoms with Gasteiger partial charge < -0.3 is 10.4 Å². The van der Waals surface area contributed by atoms with Crippen molar-refractivity contribution in [2.45, 2.75) is 26.0 Å². The molecule has 3 nitrogen and oxygen atoms in total. The van der Waals surface area contributed by atoms with Gasteiger partial charge in [-0.25, -0.2) is 0 Å². The third kappa shape index (κ3) is 3.25. The molecule has 0 aliphatic heterocycles. The fourth-order valence-corrected chi connectivity index (χ4v) is 1.76. The summed E-state index contributed by atoms with van der Waals surface area (Å²) in [6.45, 7) is 3.40. The van der Waals surface area contributed by atoms with Crippen LogP contribution < -0.4 is 5.32 Å². The molecule has 90 valence electrons. The standard InChI is InChI=1S/C14H18N2O/c1-2-13(17)10-15-9-11-5-6-14-12(8-11)4-3-7-16-14/h3-8,13,15,17H,2,9-10H2,1H3. The summed E-state index contributed by atoms with van der Waals surface area (Å²) in [4.78, 5) is 4.28. The molecule has 0 saturated carbocycles. The molecule has 1 atom stereocenters. The van der Waals surface area contributed by atoms with E-state index in [0.29, 0.717) is 6.54 Å². The number of fused-ring (bicyclic) bond motifs is 1. The third-order valence-corrected chi connectivity index (χ3v) is 2.85. The number of benzene rings is 1. The summed E-state index contributed by atoms with van der Waals surface area (Å²) < 4.78 is 0. The first kappa shape index (κ1) is 12.0. The number of pyridine rings is 1. The van der Waals surface area contributed by atoms with Crippen LogP contribution in [0.25, 0.3) is 10.9 Å². The summed E-state index contributed by atoms with van der Waals surface area (Å²) >= 11 is 0. The van der Waals surface area contributed by atoms with Crippen LogP contribution in [-0.2, 0) is 6.54 Å². The maximum atomic E-state index is 9.44. The van der Waals surface area contributed by atoms with Crippen molar-refractivity contribution < 1.29 is 5.11 Å². The number of hydrogen-bond donors (Lipinski definition) is 2. The van der Waals surface area contributed by atoms with Crippen molar-refractivity contribution in [1.29, 1.82) is 0 Å². The first-order valence-electron chi connectivity index (χ1n) is 6.02. The molecule has 2 N–H and O–H groups in total. The first-order valence-corrected chi connectivity index (χ1v) is 6.02. The van der Waals surface area contributed by atoms with Crippen molar-refractivity contribution in [3.63, 3.8) is 0 Å². The van der Waals surface area contributed by atoms with Crippen LogP contribution in [0.4, 0.5) is 0 Å². The van der Waals surface area contributed by atoms with Crippen LogP contribution >= 0.6 is 0 Å². The van der Waals surface area contributed by atoms with Crippen molar-refractivity contribution >= 4 is 10.9 Å². The van der Waals surface area contributed by atoms with Crippen molar-refractivity contribution in [3.8, 4) is 0 Å². The highest BCUT2D eigenvalue weighted by atomic mass is 16.3. The highest BCUT2D eigenvalue weighted by Gasteiger charge is 2.00. The molecule has 0 spiro atoms. The minimum absolute atomic E-state index is 0.253. The Kier molecular flexibility index (Phi) is 4.07. The van der Waals surface area contributed by atoms with Gasteiger partial charge in [-0.2, -0.15) is 0 Å². The second-order valence-corrected chi connectivity index (χ2v) is 4.22. The lowest BCUT2D eigenvalue weighted by molar-refractivity contribution is 0.167. The second-order valence-electron chi connectivity index (χ2n) is 4.22. The number of aliphatic hydroxyl groups excluding tert-OH is 1. The average molecular weight is 230 g/mol. The summed E-state index contributed by atoms with van der Waals surface area (Å²) in [7, 11) is 0. The largest absolute Gasteiger partial charge is 0.392 e. The summed E-state index contributed by atoms with van der Waals surface area (Å²) in [6.07, 6.45) is 2.34. The fraction of sp³-hybridized carbons (Fsp3) is 0.357. The van der Waals surface area contributed by atoms with Crippen LogP contribution in [0.15, 0.2) is 36.5 Å². The predicted molar refractivity (Wildman–Crippen MR) is 69.7 cm³/mol. The van der Waals surface area contributed by atoms with Crippen molar-refractivity contribution in [2.24, 2.45) is 0 Å². The van der Waals surface area contributed by atoms with Crippen molar-refractivity contribution in [1.82, 2.24) is 10.3 Å². The van der Waals surface area contributed by atoms with Crippen LogP contribution in [0.1, 0.15) is 18.9 Å². The maximum Gasteiger partial charge on any atom is 0.0702 e. The molecule has 2 rings (SSSR count). The summed E-state index contributed by atoms with van der Waals surface area (Å²) in [5.74, 6) is 0. The van der Waals surface area contributed by atoms with E-state index >= 15 is 0 Å². The monoisotopic (exact) mass is 230 g/mol. The number of nitrogens with one attached hydrogen (secondary N) is 1. The second kappa shape index (κ2) is 5.75. The molecule has 0 fully saturated rings. The van der Waals surface area contributed by atoms with E-state index in [0.717, 1.165) is 23.9 Å². The van der Waals surface area contributed by atoms with Gasteiger partial charge in [-0.15, -0.1) is 0 Å². The molecule has 0 bridgehead atoms. The van der Waals surface area contributed by atoms with Gasteiger partial charge in [-0.05, 0) is 30.2 Å². The molecule has 1 aromatic carbocycles. The number of rotatable bonds is 5. The molecule has 0 amide bonds. The minimum Gasteiger partial charge on any atom is -0.392 e. The lowest BCUT2D eigenvalue weighted by Gasteiger charge is -2.09. The van der Waals surface area contributed by atoms with Gasteiger partial charge >= 0.3 is 0 Å². The van der Waals surface area contributed by atoms with E-state index in [4.69, 9.17) is 0 Å². The smallest absolute Gasteiger partial charge is 0.0702 e. The van der Waals surface area contributed by atoms with E-state index < -0.39 is 0 Å². The molecular formula is C14H18N2O. The van der Waals surface area contributed by atoms with Crippen molar-refractivity contribution in [2.75, 3.05) is 6.54 Å². The molecule has 0 aliphatic carbocycles. The number of hydrogen-bond acceptors (Lipinski definition) is 3. The molecular weight excluding hydrogens is 212 g/mol. The molecule has 1 heterocycles. The van der Waals surface area contributed by atoms with Crippen LogP contribution in [0, 0.1) is 0 Å². The van der Waals surface area contributed by atoms with Crippen LogP contribution in [0.5, 0.6) is 0 Å². The summed E-state index contributed by atoms with van der Waals surface area (Å²) in [6, 6.07) is 10.2. The lowest BCUT2D eigenvalue weighted by Crippen LogP contribution is -2.25. The van der Waals surface area contributed by atoms with Gasteiger partial charge in [0.2, 0.25) is 0 Å². The van der Waals surface area contributed by atoms with Crippen LogP contribution in [0.3, 0.4) is 0 Å². The van der Waals surface area contributed by atoms with Gasteiger partial charge in [0.25, 0.3) is 0 Å². The van der Waals surface area contributed by atoms with E-state index in [1.807, 2.05) is 19.1 Å². The molecule has 0 saturated heterocycles. The minimum atomic E-state index is -0.253. The Morgan fingerprint density at radius 3 is 3.06 bits per heavy atom. The number of nitrogens with zero attached hydrogens (tertiary/aromatic N) is 1. The Hall–Kier alpha value is -1.45. The Morgan fingerprint density at radius 2 is 2.24 bits per heavy atom. The molecule has 1 aromatic heterocycles. The fourth-order valence-electron chi connectivity index (χ4n) is 1.76. The molecule has 1 unspecified atom stereocenters. The van der Waals surface area contributed by atoms with Gasteiger partial charge in [0.15, 0.2) is 0 Å².